The lowest BCUT2D eigenvalue weighted by Crippen LogP contribution is -2.29. The van der Waals surface area contributed by atoms with Crippen LogP contribution in [0.25, 0.3) is 16.0 Å². The summed E-state index contributed by atoms with van der Waals surface area (Å²) in [5.41, 5.74) is 3.89. The van der Waals surface area contributed by atoms with E-state index in [0.29, 0.717) is 28.6 Å². The number of pyridine rings is 1. The smallest absolute Gasteiger partial charge is 0.301 e. The Kier molecular flexibility index (Phi) is 6.38. The SMILES string of the molecule is Cc1ccc2nc(N3C(=O)C(=O)C(=C(O)c4ccncc4)C3c3ccc(OCc4ccccc4)cc3)sc2c1. The molecule has 5 aromatic rings. The third kappa shape index (κ3) is 4.66. The number of aryl methyl sites for hydroxylation is 1. The van der Waals surface area contributed by atoms with E-state index in [1.165, 1.54) is 28.6 Å². The van der Waals surface area contributed by atoms with Gasteiger partial charge in [0.15, 0.2) is 5.13 Å². The fourth-order valence-electron chi connectivity index (χ4n) is 4.62. The fraction of sp³-hybridized carbons (Fsp3) is 0.0968. The molecule has 192 valence electrons. The maximum atomic E-state index is 13.5. The zero-order valence-electron chi connectivity index (χ0n) is 20.9. The highest BCUT2D eigenvalue weighted by molar-refractivity contribution is 7.22. The number of amides is 1. The zero-order valence-corrected chi connectivity index (χ0v) is 21.8. The second-order valence-corrected chi connectivity index (χ2v) is 10.2. The van der Waals surface area contributed by atoms with E-state index in [9.17, 15) is 14.7 Å². The van der Waals surface area contributed by atoms with Crippen LogP contribution in [0.5, 0.6) is 5.75 Å². The Bertz CT molecular complexity index is 1710. The van der Waals surface area contributed by atoms with Gasteiger partial charge >= 0.3 is 5.91 Å². The molecule has 1 N–H and O–H groups in total. The number of fused-ring (bicyclic) bond motifs is 1. The Morgan fingerprint density at radius 2 is 1.72 bits per heavy atom. The minimum atomic E-state index is -0.872. The molecule has 0 spiro atoms. The summed E-state index contributed by atoms with van der Waals surface area (Å²) >= 11 is 1.33. The van der Waals surface area contributed by atoms with Gasteiger partial charge in [-0.1, -0.05) is 59.9 Å². The van der Waals surface area contributed by atoms with Crippen LogP contribution in [0.15, 0.2) is 103 Å². The number of ether oxygens (including phenoxy) is 1. The number of carbonyl (C=O) groups is 2. The molecule has 8 heteroatoms. The summed E-state index contributed by atoms with van der Waals surface area (Å²) in [7, 11) is 0. The molecule has 3 heterocycles. The van der Waals surface area contributed by atoms with E-state index in [0.717, 1.165) is 21.3 Å². The van der Waals surface area contributed by atoms with Crippen LogP contribution in [0.1, 0.15) is 28.3 Å². The predicted molar refractivity (Wildman–Crippen MR) is 151 cm³/mol. The van der Waals surface area contributed by atoms with Crippen LogP contribution in [0.3, 0.4) is 0 Å². The minimum absolute atomic E-state index is 0.000379. The van der Waals surface area contributed by atoms with Gasteiger partial charge in [0.05, 0.1) is 21.8 Å². The molecule has 2 aromatic heterocycles. The Morgan fingerprint density at radius 3 is 2.46 bits per heavy atom. The van der Waals surface area contributed by atoms with Gasteiger partial charge in [-0.15, -0.1) is 0 Å². The molecule has 1 aliphatic rings. The first kappa shape index (κ1) is 24.5. The number of thiazole rings is 1. The lowest BCUT2D eigenvalue weighted by atomic mass is 9.95. The van der Waals surface area contributed by atoms with Crippen molar-refractivity contribution in [3.63, 3.8) is 0 Å². The highest BCUT2D eigenvalue weighted by atomic mass is 32.1. The largest absolute Gasteiger partial charge is 0.507 e. The number of aliphatic hydroxyl groups excluding tert-OH is 1. The van der Waals surface area contributed by atoms with Crippen molar-refractivity contribution < 1.29 is 19.4 Å². The second kappa shape index (κ2) is 10.2. The summed E-state index contributed by atoms with van der Waals surface area (Å²) in [6.45, 7) is 2.40. The molecular formula is C31H23N3O4S. The number of nitrogens with zero attached hydrogens (tertiary/aromatic N) is 3. The van der Waals surface area contributed by atoms with Crippen LogP contribution in [0.4, 0.5) is 5.13 Å². The summed E-state index contributed by atoms with van der Waals surface area (Å²) in [5.74, 6) is -1.13. The van der Waals surface area contributed by atoms with Gasteiger partial charge in [-0.3, -0.25) is 19.5 Å². The Balaban J connectivity index is 1.42. The van der Waals surface area contributed by atoms with Crippen LogP contribution in [0.2, 0.25) is 0 Å². The normalized spacial score (nSPS) is 16.6. The molecule has 0 aliphatic carbocycles. The van der Waals surface area contributed by atoms with E-state index in [1.54, 1.807) is 36.4 Å². The number of carbonyl (C=O) groups excluding carboxylic acids is 2. The molecule has 6 rings (SSSR count). The van der Waals surface area contributed by atoms with Gasteiger partial charge in [-0.2, -0.15) is 0 Å². The zero-order chi connectivity index (χ0) is 26.9. The monoisotopic (exact) mass is 533 g/mol. The van der Waals surface area contributed by atoms with Crippen molar-refractivity contribution in [1.82, 2.24) is 9.97 Å². The number of anilines is 1. The molecule has 0 saturated carbocycles. The van der Waals surface area contributed by atoms with Gasteiger partial charge in [-0.25, -0.2) is 4.98 Å². The maximum absolute atomic E-state index is 13.5. The van der Waals surface area contributed by atoms with E-state index >= 15 is 0 Å². The summed E-state index contributed by atoms with van der Waals surface area (Å²) in [4.78, 5) is 36.9. The van der Waals surface area contributed by atoms with Crippen molar-refractivity contribution in [3.8, 4) is 5.75 Å². The second-order valence-electron chi connectivity index (χ2n) is 9.22. The van der Waals surface area contributed by atoms with Crippen molar-refractivity contribution in [2.45, 2.75) is 19.6 Å². The van der Waals surface area contributed by atoms with Crippen molar-refractivity contribution >= 4 is 44.1 Å². The molecule has 1 fully saturated rings. The summed E-state index contributed by atoms with van der Waals surface area (Å²) < 4.78 is 6.84. The molecule has 0 bridgehead atoms. The third-order valence-electron chi connectivity index (χ3n) is 6.58. The summed E-state index contributed by atoms with van der Waals surface area (Å²) in [6, 6.07) is 25.2. The topological polar surface area (TPSA) is 92.6 Å². The highest BCUT2D eigenvalue weighted by Gasteiger charge is 2.48. The molecule has 7 nitrogen and oxygen atoms in total. The van der Waals surface area contributed by atoms with Crippen LogP contribution in [0, 0.1) is 6.92 Å². The van der Waals surface area contributed by atoms with Crippen LogP contribution in [-0.2, 0) is 16.2 Å². The van der Waals surface area contributed by atoms with Crippen molar-refractivity contribution in [2.75, 3.05) is 4.90 Å². The number of benzene rings is 3. The maximum Gasteiger partial charge on any atom is 0.301 e. The first-order valence-electron chi connectivity index (χ1n) is 12.3. The number of hydrogen-bond acceptors (Lipinski definition) is 7. The van der Waals surface area contributed by atoms with E-state index in [4.69, 9.17) is 4.74 Å². The first-order chi connectivity index (χ1) is 19.0. The minimum Gasteiger partial charge on any atom is -0.507 e. The molecule has 1 atom stereocenters. The third-order valence-corrected chi connectivity index (χ3v) is 7.60. The fourth-order valence-corrected chi connectivity index (χ4v) is 5.71. The number of rotatable bonds is 6. The van der Waals surface area contributed by atoms with Crippen molar-refractivity contribution in [3.05, 3.63) is 125 Å². The van der Waals surface area contributed by atoms with Gasteiger partial charge in [0.25, 0.3) is 5.78 Å². The van der Waals surface area contributed by atoms with Gasteiger partial charge in [0.1, 0.15) is 18.1 Å². The van der Waals surface area contributed by atoms with Crippen LogP contribution >= 0.6 is 11.3 Å². The molecule has 1 saturated heterocycles. The number of aromatic nitrogens is 2. The van der Waals surface area contributed by atoms with E-state index in [1.807, 2.05) is 55.5 Å². The summed E-state index contributed by atoms with van der Waals surface area (Å²) in [6.07, 6.45) is 3.05. The molecular weight excluding hydrogens is 510 g/mol. The molecule has 1 unspecified atom stereocenters. The number of ketones is 1. The molecule has 1 amide bonds. The van der Waals surface area contributed by atoms with Crippen molar-refractivity contribution in [1.29, 1.82) is 0 Å². The lowest BCUT2D eigenvalue weighted by Gasteiger charge is -2.23. The van der Waals surface area contributed by atoms with Gasteiger partial charge in [0, 0.05) is 18.0 Å². The lowest BCUT2D eigenvalue weighted by molar-refractivity contribution is -0.132. The summed E-state index contributed by atoms with van der Waals surface area (Å²) in [5, 5.41) is 11.6. The quantitative estimate of drug-likeness (QED) is 0.159. The Morgan fingerprint density at radius 1 is 0.974 bits per heavy atom. The van der Waals surface area contributed by atoms with Crippen LogP contribution < -0.4 is 9.64 Å². The van der Waals surface area contributed by atoms with E-state index in [-0.39, 0.29) is 11.3 Å². The highest BCUT2D eigenvalue weighted by Crippen LogP contribution is 2.44. The molecule has 3 aromatic carbocycles. The molecule has 39 heavy (non-hydrogen) atoms. The van der Waals surface area contributed by atoms with E-state index in [2.05, 4.69) is 9.97 Å². The first-order valence-corrected chi connectivity index (χ1v) is 13.2. The van der Waals surface area contributed by atoms with Crippen molar-refractivity contribution in [2.24, 2.45) is 0 Å². The molecule has 0 radical (unpaired) electrons. The van der Waals surface area contributed by atoms with Gasteiger partial charge in [0.2, 0.25) is 0 Å². The average Bonchev–Trinajstić information content (AvgIpc) is 3.50. The Hall–Kier alpha value is -4.82. The van der Waals surface area contributed by atoms with Crippen LogP contribution in [-0.4, -0.2) is 26.8 Å². The average molecular weight is 534 g/mol. The van der Waals surface area contributed by atoms with Gasteiger partial charge < -0.3 is 9.84 Å². The molecule has 1 aliphatic heterocycles. The number of hydrogen-bond donors (Lipinski definition) is 1. The number of aliphatic hydroxyl groups is 1. The number of Topliss-reactive ketones (excluding diaryl/α,β-unsaturated/α-hetero) is 1. The Labute approximate surface area is 228 Å². The predicted octanol–water partition coefficient (Wildman–Crippen LogP) is 6.21. The van der Waals surface area contributed by atoms with Gasteiger partial charge in [-0.05, 0) is 60.0 Å². The standard InChI is InChI=1S/C31H23N3O4S/c1-19-7-12-24-25(17-19)39-31(33-24)34-27(26(29(36)30(34)37)28(35)22-13-15-32-16-14-22)21-8-10-23(11-9-21)38-18-20-5-3-2-4-6-20/h2-17,27,35H,18H2,1H3. The van der Waals surface area contributed by atoms with E-state index < -0.39 is 17.7 Å².